The van der Waals surface area contributed by atoms with Crippen molar-refractivity contribution >= 4 is 11.6 Å². The molecule has 96 valence electrons. The summed E-state index contributed by atoms with van der Waals surface area (Å²) in [7, 11) is 1.66. The normalized spacial score (nSPS) is 11.8. The van der Waals surface area contributed by atoms with Gasteiger partial charge in [0.05, 0.1) is 12.7 Å². The van der Waals surface area contributed by atoms with E-state index in [1.807, 2.05) is 20.8 Å². The van der Waals surface area contributed by atoms with Crippen LogP contribution in [-0.4, -0.2) is 17.8 Å². The molecule has 0 aliphatic rings. The molecule has 1 aromatic rings. The van der Waals surface area contributed by atoms with Crippen molar-refractivity contribution in [2.24, 2.45) is 0 Å². The third-order valence-electron chi connectivity index (χ3n) is 3.10. The molecule has 0 atom stereocenters. The zero-order valence-corrected chi connectivity index (χ0v) is 12.2. The van der Waals surface area contributed by atoms with Gasteiger partial charge < -0.3 is 9.84 Å². The second kappa shape index (κ2) is 4.87. The quantitative estimate of drug-likeness (QED) is 0.896. The van der Waals surface area contributed by atoms with Gasteiger partial charge in [0.2, 0.25) is 0 Å². The van der Waals surface area contributed by atoms with E-state index in [1.165, 1.54) is 0 Å². The van der Waals surface area contributed by atoms with Crippen molar-refractivity contribution in [1.29, 1.82) is 0 Å². The van der Waals surface area contributed by atoms with Crippen LogP contribution in [0.3, 0.4) is 0 Å². The molecular weight excluding hydrogens is 236 g/mol. The molecule has 0 spiro atoms. The number of ether oxygens (including phenoxy) is 1. The van der Waals surface area contributed by atoms with Gasteiger partial charge in [0.25, 0.3) is 0 Å². The SMILES string of the molecule is COc1c(C)c(C)c(Cl)c(C)c1CC(C)(C)O. The zero-order chi connectivity index (χ0) is 13.4. The third kappa shape index (κ3) is 2.93. The lowest BCUT2D eigenvalue weighted by molar-refractivity contribution is 0.0800. The van der Waals surface area contributed by atoms with E-state index in [-0.39, 0.29) is 0 Å². The molecule has 0 aliphatic carbocycles. The molecule has 0 fully saturated rings. The molecule has 0 bridgehead atoms. The molecular formula is C14H21ClO2. The van der Waals surface area contributed by atoms with Gasteiger partial charge in [0, 0.05) is 17.0 Å². The van der Waals surface area contributed by atoms with Crippen LogP contribution in [0.4, 0.5) is 0 Å². The van der Waals surface area contributed by atoms with E-state index in [4.69, 9.17) is 16.3 Å². The summed E-state index contributed by atoms with van der Waals surface area (Å²) in [6.07, 6.45) is 0.531. The van der Waals surface area contributed by atoms with Gasteiger partial charge in [-0.15, -0.1) is 0 Å². The predicted octanol–water partition coefficient (Wildman–Crippen LogP) is 3.59. The average Bonchev–Trinajstić information content (AvgIpc) is 2.22. The van der Waals surface area contributed by atoms with Crippen molar-refractivity contribution in [2.75, 3.05) is 7.11 Å². The molecule has 1 rings (SSSR count). The van der Waals surface area contributed by atoms with Crippen LogP contribution in [0.5, 0.6) is 5.75 Å². The number of benzene rings is 1. The first-order valence-electron chi connectivity index (χ1n) is 5.73. The lowest BCUT2D eigenvalue weighted by Crippen LogP contribution is -2.23. The van der Waals surface area contributed by atoms with Gasteiger partial charge in [-0.2, -0.15) is 0 Å². The number of hydrogen-bond donors (Lipinski definition) is 1. The Morgan fingerprint density at radius 3 is 2.06 bits per heavy atom. The summed E-state index contributed by atoms with van der Waals surface area (Å²) in [5.74, 6) is 0.839. The summed E-state index contributed by atoms with van der Waals surface area (Å²) in [4.78, 5) is 0. The molecule has 1 N–H and O–H groups in total. The molecule has 0 aliphatic heterocycles. The third-order valence-corrected chi connectivity index (χ3v) is 3.67. The van der Waals surface area contributed by atoms with E-state index in [1.54, 1.807) is 21.0 Å². The van der Waals surface area contributed by atoms with Crippen LogP contribution in [0.15, 0.2) is 0 Å². The number of methoxy groups -OCH3 is 1. The smallest absolute Gasteiger partial charge is 0.125 e. The number of hydrogen-bond acceptors (Lipinski definition) is 2. The average molecular weight is 257 g/mol. The monoisotopic (exact) mass is 256 g/mol. The summed E-state index contributed by atoms with van der Waals surface area (Å²) in [5.41, 5.74) is 3.30. The lowest BCUT2D eigenvalue weighted by Gasteiger charge is -2.23. The van der Waals surface area contributed by atoms with Crippen molar-refractivity contribution in [3.8, 4) is 5.75 Å². The maximum absolute atomic E-state index is 9.97. The van der Waals surface area contributed by atoms with Crippen molar-refractivity contribution in [3.63, 3.8) is 0 Å². The Labute approximate surface area is 109 Å². The largest absolute Gasteiger partial charge is 0.496 e. The molecule has 1 aromatic carbocycles. The van der Waals surface area contributed by atoms with Crippen molar-refractivity contribution in [1.82, 2.24) is 0 Å². The summed E-state index contributed by atoms with van der Waals surface area (Å²) in [6, 6.07) is 0. The van der Waals surface area contributed by atoms with Crippen LogP contribution >= 0.6 is 11.6 Å². The topological polar surface area (TPSA) is 29.5 Å². The molecule has 0 radical (unpaired) electrons. The van der Waals surface area contributed by atoms with Gasteiger partial charge in [0.15, 0.2) is 0 Å². The fourth-order valence-corrected chi connectivity index (χ4v) is 2.32. The van der Waals surface area contributed by atoms with Crippen LogP contribution in [0.25, 0.3) is 0 Å². The van der Waals surface area contributed by atoms with E-state index in [9.17, 15) is 5.11 Å². The highest BCUT2D eigenvalue weighted by molar-refractivity contribution is 6.32. The van der Waals surface area contributed by atoms with E-state index in [0.29, 0.717) is 6.42 Å². The Hall–Kier alpha value is -0.730. The second-order valence-corrected chi connectivity index (χ2v) is 5.57. The van der Waals surface area contributed by atoms with Crippen LogP contribution in [-0.2, 0) is 6.42 Å². The first kappa shape index (κ1) is 14.3. The number of halogens is 1. The Bertz CT molecular complexity index is 431. The second-order valence-electron chi connectivity index (χ2n) is 5.19. The van der Waals surface area contributed by atoms with Crippen molar-refractivity contribution < 1.29 is 9.84 Å². The van der Waals surface area contributed by atoms with E-state index in [2.05, 4.69) is 0 Å². The summed E-state index contributed by atoms with van der Waals surface area (Å²) < 4.78 is 5.47. The summed E-state index contributed by atoms with van der Waals surface area (Å²) >= 11 is 6.31. The fraction of sp³-hybridized carbons (Fsp3) is 0.571. The van der Waals surface area contributed by atoms with Crippen LogP contribution in [0.2, 0.25) is 5.02 Å². The Balaban J connectivity index is 3.47. The molecule has 0 unspecified atom stereocenters. The summed E-state index contributed by atoms with van der Waals surface area (Å²) in [5, 5.41) is 10.7. The highest BCUT2D eigenvalue weighted by atomic mass is 35.5. The highest BCUT2D eigenvalue weighted by Gasteiger charge is 2.22. The van der Waals surface area contributed by atoms with Gasteiger partial charge in [0.1, 0.15) is 5.75 Å². The van der Waals surface area contributed by atoms with Gasteiger partial charge >= 0.3 is 0 Å². The van der Waals surface area contributed by atoms with Gasteiger partial charge in [-0.25, -0.2) is 0 Å². The Morgan fingerprint density at radius 2 is 1.65 bits per heavy atom. The van der Waals surface area contributed by atoms with Crippen LogP contribution in [0.1, 0.15) is 36.1 Å². The fourth-order valence-electron chi connectivity index (χ4n) is 2.07. The zero-order valence-electron chi connectivity index (χ0n) is 11.4. The van der Waals surface area contributed by atoms with Crippen molar-refractivity contribution in [3.05, 3.63) is 27.3 Å². The summed E-state index contributed by atoms with van der Waals surface area (Å²) in [6.45, 7) is 9.52. The predicted molar refractivity (Wildman–Crippen MR) is 72.2 cm³/mol. The molecule has 3 heteroatoms. The maximum Gasteiger partial charge on any atom is 0.125 e. The Morgan fingerprint density at radius 1 is 1.12 bits per heavy atom. The molecule has 0 aromatic heterocycles. The minimum absolute atomic E-state index is 0.531. The number of rotatable bonds is 3. The molecule has 17 heavy (non-hydrogen) atoms. The molecule has 0 heterocycles. The van der Waals surface area contributed by atoms with Gasteiger partial charge in [-0.1, -0.05) is 11.6 Å². The van der Waals surface area contributed by atoms with Crippen molar-refractivity contribution in [2.45, 2.75) is 46.6 Å². The van der Waals surface area contributed by atoms with Gasteiger partial charge in [-0.3, -0.25) is 0 Å². The van der Waals surface area contributed by atoms with Crippen LogP contribution < -0.4 is 4.74 Å². The standard InChI is InChI=1S/C14H21ClO2/c1-8-9(2)13(17-6)11(7-14(4,5)16)10(3)12(8)15/h16H,7H2,1-6H3. The molecule has 2 nitrogen and oxygen atoms in total. The van der Waals surface area contributed by atoms with Crippen LogP contribution in [0, 0.1) is 20.8 Å². The van der Waals surface area contributed by atoms with E-state index in [0.717, 1.165) is 33.0 Å². The highest BCUT2D eigenvalue weighted by Crippen LogP contribution is 2.37. The van der Waals surface area contributed by atoms with E-state index >= 15 is 0 Å². The minimum atomic E-state index is -0.775. The molecule has 0 amide bonds. The minimum Gasteiger partial charge on any atom is -0.496 e. The van der Waals surface area contributed by atoms with Gasteiger partial charge in [-0.05, 0) is 51.3 Å². The molecule has 0 saturated heterocycles. The lowest BCUT2D eigenvalue weighted by atomic mass is 9.91. The molecule has 0 saturated carbocycles. The maximum atomic E-state index is 9.97. The first-order chi connectivity index (χ1) is 7.69. The number of aliphatic hydroxyl groups is 1. The first-order valence-corrected chi connectivity index (χ1v) is 6.11. The Kier molecular flexibility index (Phi) is 4.11. The van der Waals surface area contributed by atoms with E-state index < -0.39 is 5.60 Å².